The number of benzene rings is 2. The summed E-state index contributed by atoms with van der Waals surface area (Å²) in [6, 6.07) is 17.5. The third-order valence-electron chi connectivity index (χ3n) is 7.64. The number of carbonyl (C=O) groups excluding carboxylic acids is 2. The topological polar surface area (TPSA) is 82.7 Å². The molecule has 2 heterocycles. The second kappa shape index (κ2) is 10.1. The lowest BCUT2D eigenvalue weighted by atomic mass is 9.81. The highest BCUT2D eigenvalue weighted by Gasteiger charge is 2.48. The third kappa shape index (κ3) is 4.49. The van der Waals surface area contributed by atoms with E-state index < -0.39 is 0 Å². The Bertz CT molecular complexity index is 1010. The summed E-state index contributed by atoms with van der Waals surface area (Å²) >= 11 is 0. The molecule has 0 spiro atoms. The van der Waals surface area contributed by atoms with Crippen LogP contribution in [0.3, 0.4) is 0 Å². The number of rotatable bonds is 5. The lowest BCUT2D eigenvalue weighted by Gasteiger charge is -2.41. The minimum absolute atomic E-state index is 0.0471. The van der Waals surface area contributed by atoms with Crippen molar-refractivity contribution in [1.29, 1.82) is 0 Å². The van der Waals surface area contributed by atoms with E-state index in [4.69, 9.17) is 4.74 Å². The van der Waals surface area contributed by atoms with E-state index >= 15 is 0 Å². The molecule has 3 aliphatic rings. The monoisotopic (exact) mass is 462 g/mol. The molecule has 2 aromatic rings. The number of hydrogen-bond acceptors (Lipinski definition) is 4. The first kappa shape index (κ1) is 22.7. The molecule has 2 fully saturated rings. The van der Waals surface area contributed by atoms with Gasteiger partial charge in [-0.25, -0.2) is 4.79 Å². The maximum absolute atomic E-state index is 14.0. The van der Waals surface area contributed by atoms with Gasteiger partial charge < -0.3 is 25.6 Å². The molecule has 2 aromatic carbocycles. The van der Waals surface area contributed by atoms with Crippen molar-refractivity contribution in [2.24, 2.45) is 11.8 Å². The van der Waals surface area contributed by atoms with Crippen LogP contribution < -0.4 is 16.0 Å². The molecule has 3 amide bonds. The summed E-state index contributed by atoms with van der Waals surface area (Å²) < 4.78 is 5.51. The Kier molecular flexibility index (Phi) is 6.72. The maximum Gasteiger partial charge on any atom is 0.319 e. The standard InChI is InChI=1S/C27H34N4O3/c1-34-17-24-20-15-16-31(25(20)19-11-5-7-13-22(19)29-24)26(32)21-12-6-8-14-23(21)30-27(33)28-18-9-3-2-4-10-18/h2-5,7,9-11,13,20-21,23-25,29H,6,8,12,14-17H2,1H3,(H2,28,30,33)/t20-,21-,23+,24-,25-/m0/s1. The summed E-state index contributed by atoms with van der Waals surface area (Å²) in [5.74, 6) is 0.289. The number of amides is 3. The molecule has 0 radical (unpaired) electrons. The number of carbonyl (C=O) groups is 2. The second-order valence-electron chi connectivity index (χ2n) is 9.68. The number of methoxy groups -OCH3 is 1. The van der Waals surface area contributed by atoms with Gasteiger partial charge in [-0.3, -0.25) is 4.79 Å². The van der Waals surface area contributed by atoms with Crippen LogP contribution in [0.4, 0.5) is 16.2 Å². The largest absolute Gasteiger partial charge is 0.383 e. The van der Waals surface area contributed by atoms with E-state index in [2.05, 4.69) is 33.0 Å². The normalized spacial score (nSPS) is 27.8. The van der Waals surface area contributed by atoms with E-state index in [0.29, 0.717) is 12.5 Å². The minimum atomic E-state index is -0.248. The van der Waals surface area contributed by atoms with Gasteiger partial charge in [0, 0.05) is 37.0 Å². The Hall–Kier alpha value is -3.06. The van der Waals surface area contributed by atoms with Crippen molar-refractivity contribution in [3.05, 3.63) is 60.2 Å². The average Bonchev–Trinajstić information content (AvgIpc) is 3.31. The molecule has 0 unspecified atom stereocenters. The van der Waals surface area contributed by atoms with Crippen LogP contribution in [0.15, 0.2) is 54.6 Å². The molecule has 0 bridgehead atoms. The zero-order valence-electron chi connectivity index (χ0n) is 19.7. The van der Waals surface area contributed by atoms with Crippen molar-refractivity contribution in [1.82, 2.24) is 10.2 Å². The number of hydrogen-bond donors (Lipinski definition) is 3. The van der Waals surface area contributed by atoms with E-state index in [-0.39, 0.29) is 36.0 Å². The van der Waals surface area contributed by atoms with Gasteiger partial charge in [-0.1, -0.05) is 49.2 Å². The quantitative estimate of drug-likeness (QED) is 0.615. The average molecular weight is 463 g/mol. The summed E-state index contributed by atoms with van der Waals surface area (Å²) in [6.07, 6.45) is 4.62. The van der Waals surface area contributed by atoms with Gasteiger partial charge in [-0.05, 0) is 43.0 Å². The van der Waals surface area contributed by atoms with Gasteiger partial charge >= 0.3 is 6.03 Å². The first-order chi connectivity index (χ1) is 16.7. The lowest BCUT2D eigenvalue weighted by Crippen LogP contribution is -2.51. The van der Waals surface area contributed by atoms with Gasteiger partial charge in [0.1, 0.15) is 0 Å². The number of likely N-dealkylation sites (tertiary alicyclic amines) is 1. The highest BCUT2D eigenvalue weighted by atomic mass is 16.5. The summed E-state index contributed by atoms with van der Waals surface area (Å²) in [7, 11) is 1.73. The van der Waals surface area contributed by atoms with Crippen molar-refractivity contribution in [2.75, 3.05) is 30.9 Å². The van der Waals surface area contributed by atoms with Gasteiger partial charge in [0.25, 0.3) is 0 Å². The first-order valence-electron chi connectivity index (χ1n) is 12.4. The molecule has 3 N–H and O–H groups in total. The molecule has 1 saturated heterocycles. The highest BCUT2D eigenvalue weighted by molar-refractivity contribution is 5.90. The Morgan fingerprint density at radius 1 is 1.03 bits per heavy atom. The molecule has 1 saturated carbocycles. The van der Waals surface area contributed by atoms with Crippen LogP contribution in [0.5, 0.6) is 0 Å². The fourth-order valence-corrected chi connectivity index (χ4v) is 6.09. The molecule has 2 aliphatic heterocycles. The van der Waals surface area contributed by atoms with Crippen LogP contribution in [0.25, 0.3) is 0 Å². The van der Waals surface area contributed by atoms with E-state index in [0.717, 1.165) is 50.0 Å². The third-order valence-corrected chi connectivity index (χ3v) is 7.64. The van der Waals surface area contributed by atoms with Crippen molar-refractivity contribution in [3.63, 3.8) is 0 Å². The number of nitrogens with one attached hydrogen (secondary N) is 3. The Labute approximate surface area is 201 Å². The van der Waals surface area contributed by atoms with Crippen LogP contribution in [0.1, 0.15) is 43.7 Å². The summed E-state index contributed by atoms with van der Waals surface area (Å²) in [5, 5.41) is 9.65. The molecule has 5 rings (SSSR count). The summed E-state index contributed by atoms with van der Waals surface area (Å²) in [6.45, 7) is 1.36. The zero-order valence-corrected chi connectivity index (χ0v) is 19.7. The molecule has 1 aliphatic carbocycles. The number of urea groups is 1. The molecular formula is C27H34N4O3. The predicted molar refractivity (Wildman–Crippen MR) is 133 cm³/mol. The van der Waals surface area contributed by atoms with Gasteiger partial charge in [-0.15, -0.1) is 0 Å². The minimum Gasteiger partial charge on any atom is -0.383 e. The van der Waals surface area contributed by atoms with Crippen LogP contribution in [-0.2, 0) is 9.53 Å². The molecule has 5 atom stereocenters. The second-order valence-corrected chi connectivity index (χ2v) is 9.68. The molecule has 7 heteroatoms. The number of anilines is 2. The number of para-hydroxylation sites is 2. The molecule has 34 heavy (non-hydrogen) atoms. The SMILES string of the molecule is COC[C@@H]1Nc2ccccc2[C@H]2[C@H]1CCN2C(=O)[C@H]1CCCC[C@H]1NC(=O)Nc1ccccc1. The smallest absolute Gasteiger partial charge is 0.319 e. The number of fused-ring (bicyclic) bond motifs is 3. The summed E-state index contributed by atoms with van der Waals surface area (Å²) in [4.78, 5) is 28.8. The zero-order chi connectivity index (χ0) is 23.5. The van der Waals surface area contributed by atoms with Crippen molar-refractivity contribution in [2.45, 2.75) is 50.2 Å². The molecule has 7 nitrogen and oxygen atoms in total. The van der Waals surface area contributed by atoms with Gasteiger partial charge in [0.2, 0.25) is 5.91 Å². The van der Waals surface area contributed by atoms with Gasteiger partial charge in [-0.2, -0.15) is 0 Å². The van der Waals surface area contributed by atoms with Gasteiger partial charge in [0.15, 0.2) is 0 Å². The fourth-order valence-electron chi connectivity index (χ4n) is 6.09. The van der Waals surface area contributed by atoms with Crippen LogP contribution in [-0.4, -0.2) is 49.2 Å². The van der Waals surface area contributed by atoms with Crippen molar-refractivity contribution >= 4 is 23.3 Å². The maximum atomic E-state index is 14.0. The predicted octanol–water partition coefficient (Wildman–Crippen LogP) is 4.40. The van der Waals surface area contributed by atoms with Crippen molar-refractivity contribution in [3.8, 4) is 0 Å². The first-order valence-corrected chi connectivity index (χ1v) is 12.4. The summed E-state index contributed by atoms with van der Waals surface area (Å²) in [5.41, 5.74) is 3.02. The van der Waals surface area contributed by atoms with Crippen molar-refractivity contribution < 1.29 is 14.3 Å². The highest BCUT2D eigenvalue weighted by Crippen LogP contribution is 2.47. The van der Waals surface area contributed by atoms with E-state index in [9.17, 15) is 9.59 Å². The Balaban J connectivity index is 1.34. The molecule has 180 valence electrons. The molecule has 0 aromatic heterocycles. The number of nitrogens with zero attached hydrogens (tertiary/aromatic N) is 1. The van der Waals surface area contributed by atoms with Crippen LogP contribution >= 0.6 is 0 Å². The Morgan fingerprint density at radius 3 is 2.62 bits per heavy atom. The van der Waals surface area contributed by atoms with Gasteiger partial charge in [0.05, 0.1) is 24.6 Å². The van der Waals surface area contributed by atoms with E-state index in [1.54, 1.807) is 7.11 Å². The molecular weight excluding hydrogens is 428 g/mol. The van der Waals surface area contributed by atoms with Crippen LogP contribution in [0.2, 0.25) is 0 Å². The lowest BCUT2D eigenvalue weighted by molar-refractivity contribution is -0.138. The number of ether oxygens (including phenoxy) is 1. The van der Waals surface area contributed by atoms with Crippen LogP contribution in [0, 0.1) is 11.8 Å². The van der Waals surface area contributed by atoms with E-state index in [1.165, 1.54) is 5.56 Å². The Morgan fingerprint density at radius 2 is 1.79 bits per heavy atom. The van der Waals surface area contributed by atoms with E-state index in [1.807, 2.05) is 42.5 Å². The fraction of sp³-hybridized carbons (Fsp3) is 0.481.